The molecule has 8 nitrogen and oxygen atoms in total. The molecular formula is C25H26N6O2. The van der Waals surface area contributed by atoms with Crippen molar-refractivity contribution in [1.82, 2.24) is 29.7 Å². The summed E-state index contributed by atoms with van der Waals surface area (Å²) in [5.41, 5.74) is 3.28. The molecule has 4 aromatic rings. The van der Waals surface area contributed by atoms with Gasteiger partial charge in [0.05, 0.1) is 11.7 Å². The smallest absolute Gasteiger partial charge is 0.274 e. The molecular weight excluding hydrogens is 416 g/mol. The largest absolute Gasteiger partial charge is 0.337 e. The Balaban J connectivity index is 1.22. The fourth-order valence-corrected chi connectivity index (χ4v) is 4.15. The van der Waals surface area contributed by atoms with Crippen LogP contribution in [0.3, 0.4) is 0 Å². The number of carbonyl (C=O) groups excluding carboxylic acids is 1. The molecule has 1 atom stereocenters. The monoisotopic (exact) mass is 442 g/mol. The molecule has 0 saturated carbocycles. The highest BCUT2D eigenvalue weighted by molar-refractivity contribution is 5.92. The number of benzene rings is 2. The van der Waals surface area contributed by atoms with Gasteiger partial charge >= 0.3 is 0 Å². The van der Waals surface area contributed by atoms with Crippen LogP contribution in [0, 0.1) is 6.92 Å². The number of nitrogens with zero attached hydrogens (tertiary/aromatic N) is 6. The first-order valence-electron chi connectivity index (χ1n) is 11.1. The molecule has 0 aliphatic carbocycles. The number of hydrogen-bond acceptors (Lipinski definition) is 6. The van der Waals surface area contributed by atoms with Crippen molar-refractivity contribution < 1.29 is 9.32 Å². The summed E-state index contributed by atoms with van der Waals surface area (Å²) in [4.78, 5) is 21.8. The van der Waals surface area contributed by atoms with Crippen molar-refractivity contribution in [3.05, 3.63) is 84.0 Å². The fourth-order valence-electron chi connectivity index (χ4n) is 4.15. The zero-order valence-electron chi connectivity index (χ0n) is 18.8. The zero-order valence-corrected chi connectivity index (χ0v) is 18.8. The lowest BCUT2D eigenvalue weighted by atomic mass is 10.2. The highest BCUT2D eigenvalue weighted by Gasteiger charge is 2.29. The molecule has 1 fully saturated rings. The van der Waals surface area contributed by atoms with E-state index in [1.165, 1.54) is 0 Å². The van der Waals surface area contributed by atoms with Crippen LogP contribution in [0.4, 0.5) is 0 Å². The highest BCUT2D eigenvalue weighted by atomic mass is 16.5. The topological polar surface area (TPSA) is 80.3 Å². The third kappa shape index (κ3) is 4.29. The highest BCUT2D eigenvalue weighted by Crippen LogP contribution is 2.24. The van der Waals surface area contributed by atoms with Crippen molar-refractivity contribution in [2.75, 3.05) is 26.2 Å². The van der Waals surface area contributed by atoms with E-state index in [4.69, 9.17) is 4.52 Å². The maximum absolute atomic E-state index is 13.1. The van der Waals surface area contributed by atoms with Crippen molar-refractivity contribution in [2.24, 2.45) is 0 Å². The Bertz CT molecular complexity index is 1230. The van der Waals surface area contributed by atoms with Gasteiger partial charge in [0.1, 0.15) is 0 Å². The van der Waals surface area contributed by atoms with Gasteiger partial charge in [-0.05, 0) is 32.0 Å². The van der Waals surface area contributed by atoms with Gasteiger partial charge in [0.15, 0.2) is 5.69 Å². The second kappa shape index (κ2) is 8.99. The van der Waals surface area contributed by atoms with Crippen LogP contribution in [-0.2, 0) is 0 Å². The number of para-hydroxylation sites is 1. The number of aromatic nitrogens is 4. The molecule has 1 unspecified atom stereocenters. The van der Waals surface area contributed by atoms with Gasteiger partial charge in [-0.2, -0.15) is 10.1 Å². The zero-order chi connectivity index (χ0) is 22.8. The molecule has 0 N–H and O–H groups in total. The maximum Gasteiger partial charge on any atom is 0.274 e. The van der Waals surface area contributed by atoms with Crippen LogP contribution >= 0.6 is 0 Å². The second-order valence-electron chi connectivity index (χ2n) is 8.24. The lowest BCUT2D eigenvalue weighted by molar-refractivity contribution is 0.0546. The molecule has 2 aromatic carbocycles. The van der Waals surface area contributed by atoms with Crippen LogP contribution < -0.4 is 0 Å². The normalized spacial score (nSPS) is 15.5. The maximum atomic E-state index is 13.1. The van der Waals surface area contributed by atoms with E-state index >= 15 is 0 Å². The minimum absolute atomic E-state index is 0.0215. The summed E-state index contributed by atoms with van der Waals surface area (Å²) >= 11 is 0. The first-order valence-corrected chi connectivity index (χ1v) is 11.1. The van der Waals surface area contributed by atoms with Gasteiger partial charge in [0.2, 0.25) is 11.7 Å². The number of carbonyl (C=O) groups is 1. The van der Waals surface area contributed by atoms with Crippen molar-refractivity contribution in [2.45, 2.75) is 19.9 Å². The summed E-state index contributed by atoms with van der Waals surface area (Å²) in [6.45, 7) is 6.73. The van der Waals surface area contributed by atoms with E-state index in [0.717, 1.165) is 30.0 Å². The molecule has 5 rings (SSSR count). The quantitative estimate of drug-likeness (QED) is 0.468. The average molecular weight is 443 g/mol. The van der Waals surface area contributed by atoms with Gasteiger partial charge < -0.3 is 9.42 Å². The summed E-state index contributed by atoms with van der Waals surface area (Å²) in [5.74, 6) is 1.14. The lowest BCUT2D eigenvalue weighted by Crippen LogP contribution is -2.49. The molecule has 168 valence electrons. The summed E-state index contributed by atoms with van der Waals surface area (Å²) in [5, 5.41) is 8.70. The van der Waals surface area contributed by atoms with E-state index in [-0.39, 0.29) is 11.9 Å². The Morgan fingerprint density at radius 3 is 2.33 bits per heavy atom. The molecule has 1 aliphatic rings. The third-order valence-corrected chi connectivity index (χ3v) is 6.09. The molecule has 3 heterocycles. The lowest BCUT2D eigenvalue weighted by Gasteiger charge is -2.36. The van der Waals surface area contributed by atoms with Crippen LogP contribution in [0.15, 0.2) is 71.3 Å². The Kier molecular flexibility index (Phi) is 5.75. The number of hydrogen-bond donors (Lipinski definition) is 0. The van der Waals surface area contributed by atoms with Gasteiger partial charge in [-0.15, -0.1) is 0 Å². The summed E-state index contributed by atoms with van der Waals surface area (Å²) in [7, 11) is 0. The molecule has 8 heteroatoms. The van der Waals surface area contributed by atoms with Crippen molar-refractivity contribution >= 4 is 5.91 Å². The third-order valence-electron chi connectivity index (χ3n) is 6.09. The van der Waals surface area contributed by atoms with Crippen LogP contribution in [0.1, 0.15) is 35.0 Å². The minimum atomic E-state index is -0.0377. The average Bonchev–Trinajstić information content (AvgIpc) is 3.52. The molecule has 0 radical (unpaired) electrons. The molecule has 0 spiro atoms. The van der Waals surface area contributed by atoms with Crippen molar-refractivity contribution in [1.29, 1.82) is 0 Å². The second-order valence-corrected chi connectivity index (χ2v) is 8.24. The SMILES string of the molecule is Cc1cc(C(=O)N2CCN(C(C)c3nc(-c4ccccc4)no3)CC2)nn1-c1ccccc1. The van der Waals surface area contributed by atoms with E-state index in [9.17, 15) is 4.79 Å². The number of rotatable bonds is 5. The molecule has 1 aliphatic heterocycles. The van der Waals surface area contributed by atoms with Crippen molar-refractivity contribution in [3.63, 3.8) is 0 Å². The van der Waals surface area contributed by atoms with E-state index in [2.05, 4.69) is 27.1 Å². The summed E-state index contributed by atoms with van der Waals surface area (Å²) in [6.07, 6.45) is 0. The first kappa shape index (κ1) is 21.1. The Morgan fingerprint density at radius 2 is 1.64 bits per heavy atom. The van der Waals surface area contributed by atoms with Crippen LogP contribution in [0.2, 0.25) is 0 Å². The van der Waals surface area contributed by atoms with E-state index in [1.54, 1.807) is 0 Å². The molecule has 1 saturated heterocycles. The molecule has 1 amide bonds. The molecule has 33 heavy (non-hydrogen) atoms. The minimum Gasteiger partial charge on any atom is -0.337 e. The van der Waals surface area contributed by atoms with Crippen LogP contribution in [-0.4, -0.2) is 61.8 Å². The predicted molar refractivity (Wildman–Crippen MR) is 124 cm³/mol. The van der Waals surface area contributed by atoms with Crippen molar-refractivity contribution in [3.8, 4) is 17.1 Å². The Hall–Kier alpha value is -3.78. The first-order chi connectivity index (χ1) is 16.1. The number of piperazine rings is 1. The number of aryl methyl sites for hydroxylation is 1. The summed E-state index contributed by atoms with van der Waals surface area (Å²) < 4.78 is 7.35. The van der Waals surface area contributed by atoms with Crippen LogP contribution in [0.25, 0.3) is 17.1 Å². The summed E-state index contributed by atoms with van der Waals surface area (Å²) in [6, 6.07) is 21.5. The molecule has 0 bridgehead atoms. The standard InChI is InChI=1S/C25H26N6O2/c1-18-17-22(27-31(18)21-11-7-4-8-12-21)25(32)30-15-13-29(14-16-30)19(2)24-26-23(28-33-24)20-9-5-3-6-10-20/h3-12,17,19H,13-16H2,1-2H3. The Morgan fingerprint density at radius 1 is 0.970 bits per heavy atom. The van der Waals surface area contributed by atoms with Gasteiger partial charge in [0, 0.05) is 37.4 Å². The predicted octanol–water partition coefficient (Wildman–Crippen LogP) is 3.75. The van der Waals surface area contributed by atoms with Gasteiger partial charge in [-0.25, -0.2) is 4.68 Å². The van der Waals surface area contributed by atoms with Gasteiger partial charge in [-0.1, -0.05) is 53.7 Å². The fraction of sp³-hybridized carbons (Fsp3) is 0.280. The molecule has 2 aromatic heterocycles. The van der Waals surface area contributed by atoms with Crippen LogP contribution in [0.5, 0.6) is 0 Å². The van der Waals surface area contributed by atoms with E-state index < -0.39 is 0 Å². The Labute approximate surface area is 192 Å². The van der Waals surface area contributed by atoms with Gasteiger partial charge in [0.25, 0.3) is 5.91 Å². The van der Waals surface area contributed by atoms with E-state index in [0.29, 0.717) is 30.5 Å². The van der Waals surface area contributed by atoms with Gasteiger partial charge in [-0.3, -0.25) is 9.69 Å². The number of amides is 1. The van der Waals surface area contributed by atoms with E-state index in [1.807, 2.05) is 83.2 Å².